The Morgan fingerprint density at radius 3 is 1.87 bits per heavy atom. The van der Waals surface area contributed by atoms with Crippen LogP contribution in [-0.4, -0.2) is 14.2 Å². The predicted octanol–water partition coefficient (Wildman–Crippen LogP) is 8.29. The number of alkyl halides is 3. The van der Waals surface area contributed by atoms with Crippen LogP contribution in [0, 0.1) is 0 Å². The molecule has 0 bridgehead atoms. The molecular formula is C21H15Cl5N2S2. The summed E-state index contributed by atoms with van der Waals surface area (Å²) in [4.78, 5) is 6.65. The van der Waals surface area contributed by atoms with Crippen LogP contribution in [0.1, 0.15) is 16.8 Å². The van der Waals surface area contributed by atoms with Gasteiger partial charge < -0.3 is 4.90 Å². The molecule has 9 heteroatoms. The molecular weight excluding hydrogens is 522 g/mol. The number of nitrogens with zero attached hydrogens (tertiary/aromatic N) is 2. The van der Waals surface area contributed by atoms with Crippen LogP contribution in [-0.2, 0) is 16.9 Å². The SMILES string of the molecule is S=C(Sc1c(Cl)cnc(C(Cl)(Cl)Cl)c1Cl)N(Cc1ccccc1)Cc1ccccc1. The van der Waals surface area contributed by atoms with Gasteiger partial charge in [-0.2, -0.15) is 0 Å². The first-order valence-corrected chi connectivity index (χ1v) is 11.8. The molecule has 0 radical (unpaired) electrons. The van der Waals surface area contributed by atoms with Crippen LogP contribution in [0.2, 0.25) is 10.0 Å². The summed E-state index contributed by atoms with van der Waals surface area (Å²) in [5.41, 5.74) is 2.37. The van der Waals surface area contributed by atoms with E-state index in [9.17, 15) is 0 Å². The maximum atomic E-state index is 6.47. The van der Waals surface area contributed by atoms with Crippen LogP contribution in [0.3, 0.4) is 0 Å². The minimum Gasteiger partial charge on any atom is -0.349 e. The van der Waals surface area contributed by atoms with Gasteiger partial charge in [0.2, 0.25) is 3.79 Å². The molecule has 0 fully saturated rings. The summed E-state index contributed by atoms with van der Waals surface area (Å²) < 4.78 is -1.18. The first-order valence-electron chi connectivity index (χ1n) is 8.71. The Hall–Kier alpha value is -0.720. The number of aromatic nitrogens is 1. The number of halogens is 5. The number of hydrogen-bond acceptors (Lipinski definition) is 3. The molecule has 0 aliphatic rings. The molecule has 1 heterocycles. The topological polar surface area (TPSA) is 16.1 Å². The molecule has 0 unspecified atom stereocenters. The van der Waals surface area contributed by atoms with Crippen LogP contribution >= 0.6 is 82.0 Å². The first kappa shape index (κ1) is 23.9. The fraction of sp³-hybridized carbons (Fsp3) is 0.143. The standard InChI is InChI=1S/C21H15Cl5N2S2/c22-16-11-27-19(21(24,25)26)17(23)18(16)30-20(29)28(12-14-7-3-1-4-8-14)13-15-9-5-2-6-10-15/h1-11H,12-13H2. The molecule has 0 atom stereocenters. The lowest BCUT2D eigenvalue weighted by Crippen LogP contribution is -2.26. The third-order valence-electron chi connectivity index (χ3n) is 4.08. The van der Waals surface area contributed by atoms with Gasteiger partial charge in [0.1, 0.15) is 10.0 Å². The van der Waals surface area contributed by atoms with Crippen LogP contribution in [0.5, 0.6) is 0 Å². The molecule has 0 saturated carbocycles. The Morgan fingerprint density at radius 2 is 1.40 bits per heavy atom. The van der Waals surface area contributed by atoms with Crippen molar-refractivity contribution in [1.82, 2.24) is 9.88 Å². The molecule has 30 heavy (non-hydrogen) atoms. The van der Waals surface area contributed by atoms with E-state index in [4.69, 9.17) is 70.2 Å². The maximum absolute atomic E-state index is 6.47. The van der Waals surface area contributed by atoms with E-state index >= 15 is 0 Å². The highest BCUT2D eigenvalue weighted by molar-refractivity contribution is 8.23. The fourth-order valence-corrected chi connectivity index (χ4v) is 5.12. The zero-order valence-electron chi connectivity index (χ0n) is 15.4. The molecule has 2 aromatic carbocycles. The minimum atomic E-state index is -1.77. The van der Waals surface area contributed by atoms with Gasteiger partial charge in [-0.15, -0.1) is 0 Å². The molecule has 3 aromatic rings. The molecule has 1 aromatic heterocycles. The molecule has 0 aliphatic carbocycles. The average Bonchev–Trinajstić information content (AvgIpc) is 2.71. The van der Waals surface area contributed by atoms with E-state index < -0.39 is 3.79 Å². The zero-order chi connectivity index (χ0) is 21.7. The van der Waals surface area contributed by atoms with Gasteiger partial charge in [-0.25, -0.2) is 0 Å². The van der Waals surface area contributed by atoms with Gasteiger partial charge in [-0.05, 0) is 11.1 Å². The molecule has 0 N–H and O–H groups in total. The van der Waals surface area contributed by atoms with E-state index in [-0.39, 0.29) is 10.7 Å². The number of thiocarbonyl (C=S) groups is 1. The third-order valence-corrected chi connectivity index (χ3v) is 7.06. The van der Waals surface area contributed by atoms with Crippen molar-refractivity contribution in [3.05, 3.63) is 93.7 Å². The highest BCUT2D eigenvalue weighted by Gasteiger charge is 2.30. The molecule has 0 aliphatic heterocycles. The zero-order valence-corrected chi connectivity index (χ0v) is 20.8. The summed E-state index contributed by atoms with van der Waals surface area (Å²) in [5, 5.41) is 0.513. The first-order chi connectivity index (χ1) is 14.3. The van der Waals surface area contributed by atoms with E-state index in [1.54, 1.807) is 0 Å². The van der Waals surface area contributed by atoms with Crippen molar-refractivity contribution in [3.8, 4) is 0 Å². The summed E-state index contributed by atoms with van der Waals surface area (Å²) in [6.45, 7) is 1.25. The molecule has 156 valence electrons. The van der Waals surface area contributed by atoms with Gasteiger partial charge in [0.15, 0.2) is 0 Å². The summed E-state index contributed by atoms with van der Waals surface area (Å²) in [7, 11) is 0. The van der Waals surface area contributed by atoms with E-state index in [1.165, 1.54) is 18.0 Å². The normalized spacial score (nSPS) is 11.4. The number of hydrogen-bond donors (Lipinski definition) is 0. The summed E-state index contributed by atoms with van der Waals surface area (Å²) in [6.07, 6.45) is 1.41. The Balaban J connectivity index is 1.90. The lowest BCUT2D eigenvalue weighted by molar-refractivity contribution is 0.421. The molecule has 0 spiro atoms. The van der Waals surface area contributed by atoms with Crippen LogP contribution in [0.15, 0.2) is 71.8 Å². The van der Waals surface area contributed by atoms with Crippen LogP contribution < -0.4 is 0 Å². The van der Waals surface area contributed by atoms with E-state index in [1.807, 2.05) is 36.4 Å². The smallest absolute Gasteiger partial charge is 0.234 e. The second kappa shape index (κ2) is 10.7. The second-order valence-electron chi connectivity index (χ2n) is 6.29. The van der Waals surface area contributed by atoms with Crippen LogP contribution in [0.4, 0.5) is 0 Å². The van der Waals surface area contributed by atoms with E-state index in [0.717, 1.165) is 11.1 Å². The third kappa shape index (κ3) is 6.39. The molecule has 2 nitrogen and oxygen atoms in total. The number of benzene rings is 2. The van der Waals surface area contributed by atoms with Crippen molar-refractivity contribution in [3.63, 3.8) is 0 Å². The van der Waals surface area contributed by atoms with Crippen molar-refractivity contribution < 1.29 is 0 Å². The minimum absolute atomic E-state index is 0.113. The Kier molecular flexibility index (Phi) is 8.56. The number of thioether (sulfide) groups is 1. The lowest BCUT2D eigenvalue weighted by atomic mass is 10.2. The Morgan fingerprint density at radius 1 is 0.900 bits per heavy atom. The van der Waals surface area contributed by atoms with Gasteiger partial charge >= 0.3 is 0 Å². The van der Waals surface area contributed by atoms with E-state index in [0.29, 0.717) is 27.3 Å². The summed E-state index contributed by atoms with van der Waals surface area (Å²) in [6, 6.07) is 20.2. The quantitative estimate of drug-likeness (QED) is 0.185. The molecule has 3 rings (SSSR count). The van der Waals surface area contributed by atoms with Gasteiger partial charge in [0.25, 0.3) is 0 Å². The van der Waals surface area contributed by atoms with Gasteiger partial charge in [0.05, 0.1) is 14.9 Å². The average molecular weight is 537 g/mol. The van der Waals surface area contributed by atoms with Gasteiger partial charge in [-0.1, -0.05) is 143 Å². The monoisotopic (exact) mass is 534 g/mol. The fourth-order valence-electron chi connectivity index (χ4n) is 2.68. The van der Waals surface area contributed by atoms with Crippen LogP contribution in [0.25, 0.3) is 0 Å². The van der Waals surface area contributed by atoms with Crippen molar-refractivity contribution in [2.24, 2.45) is 0 Å². The Bertz CT molecular complexity index is 970. The Labute approximate surface area is 210 Å². The largest absolute Gasteiger partial charge is 0.349 e. The number of rotatable bonds is 5. The predicted molar refractivity (Wildman–Crippen MR) is 134 cm³/mol. The summed E-state index contributed by atoms with van der Waals surface area (Å²) >= 11 is 37.8. The molecule has 0 saturated heterocycles. The van der Waals surface area contributed by atoms with Gasteiger partial charge in [0, 0.05) is 19.3 Å². The second-order valence-corrected chi connectivity index (χ2v) is 11.0. The lowest BCUT2D eigenvalue weighted by Gasteiger charge is -2.26. The van der Waals surface area contributed by atoms with Crippen molar-refractivity contribution in [2.75, 3.05) is 0 Å². The van der Waals surface area contributed by atoms with Gasteiger partial charge in [-0.3, -0.25) is 4.98 Å². The maximum Gasteiger partial charge on any atom is 0.234 e. The highest BCUT2D eigenvalue weighted by atomic mass is 35.6. The molecule has 0 amide bonds. The van der Waals surface area contributed by atoms with Crippen molar-refractivity contribution in [2.45, 2.75) is 21.8 Å². The summed E-state index contributed by atoms with van der Waals surface area (Å²) in [5.74, 6) is 0. The van der Waals surface area contributed by atoms with Crippen molar-refractivity contribution in [1.29, 1.82) is 0 Å². The van der Waals surface area contributed by atoms with Crippen molar-refractivity contribution >= 4 is 86.3 Å². The highest BCUT2D eigenvalue weighted by Crippen LogP contribution is 2.45. The number of pyridine rings is 1. The van der Waals surface area contributed by atoms with E-state index in [2.05, 4.69) is 34.1 Å².